The molecule has 3 aromatic heterocycles. The third kappa shape index (κ3) is 6.81. The molecule has 0 bridgehead atoms. The summed E-state index contributed by atoms with van der Waals surface area (Å²) in [7, 11) is -2.85. The molecule has 1 atom stereocenters. The van der Waals surface area contributed by atoms with Gasteiger partial charge in [-0.2, -0.15) is 5.26 Å². The number of nitriles is 1. The Morgan fingerprint density at radius 3 is 2.65 bits per heavy atom. The highest BCUT2D eigenvalue weighted by Crippen LogP contribution is 2.48. The number of nitrogens with zero attached hydrogens (tertiary/aromatic N) is 4. The van der Waals surface area contributed by atoms with Crippen LogP contribution in [0.4, 0.5) is 5.69 Å². The van der Waals surface area contributed by atoms with Crippen LogP contribution in [0, 0.1) is 11.3 Å². The van der Waals surface area contributed by atoms with Gasteiger partial charge in [-0.1, -0.05) is 6.58 Å². The standard InChI is InChI=1S/C28H28N5O6P/c1-6-26(34)32-21-10-19(11-23(13-21)37-5)20-12-24-25(18-7-8-30-22(9-18)14-29)16-33(27(24)31-15-20)17-38-40(35,36)39-28(2,3)4/h6-13,15-16H,1,17H2,2-5H3,(H,32,34)(H,35,36). The van der Waals surface area contributed by atoms with Crippen molar-refractivity contribution in [3.8, 4) is 34.1 Å². The summed E-state index contributed by atoms with van der Waals surface area (Å²) >= 11 is 0. The van der Waals surface area contributed by atoms with Crippen molar-refractivity contribution in [2.24, 2.45) is 0 Å². The summed E-state index contributed by atoms with van der Waals surface area (Å²) in [5, 5.41) is 12.8. The van der Waals surface area contributed by atoms with E-state index in [1.54, 1.807) is 68.1 Å². The smallest absolute Gasteiger partial charge is 0.474 e. The van der Waals surface area contributed by atoms with Gasteiger partial charge < -0.3 is 19.5 Å². The lowest BCUT2D eigenvalue weighted by atomic mass is 10.0. The van der Waals surface area contributed by atoms with Crippen molar-refractivity contribution < 1.29 is 28.0 Å². The highest BCUT2D eigenvalue weighted by molar-refractivity contribution is 7.47. The van der Waals surface area contributed by atoms with Gasteiger partial charge >= 0.3 is 7.82 Å². The van der Waals surface area contributed by atoms with Crippen LogP contribution in [0.5, 0.6) is 5.75 Å². The van der Waals surface area contributed by atoms with Crippen molar-refractivity contribution in [2.45, 2.75) is 33.1 Å². The minimum atomic E-state index is -4.38. The van der Waals surface area contributed by atoms with Gasteiger partial charge in [0.05, 0.1) is 12.7 Å². The first-order valence-electron chi connectivity index (χ1n) is 12.1. The topological polar surface area (TPSA) is 149 Å². The number of carbonyl (C=O) groups is 1. The van der Waals surface area contributed by atoms with E-state index in [1.165, 1.54) is 19.4 Å². The van der Waals surface area contributed by atoms with Crippen LogP contribution in [0.3, 0.4) is 0 Å². The van der Waals surface area contributed by atoms with E-state index in [1.807, 2.05) is 12.1 Å². The summed E-state index contributed by atoms with van der Waals surface area (Å²) in [5.41, 5.74) is 3.12. The first-order chi connectivity index (χ1) is 18.9. The summed E-state index contributed by atoms with van der Waals surface area (Å²) in [6.07, 6.45) is 6.05. The van der Waals surface area contributed by atoms with Crippen molar-refractivity contribution in [3.05, 3.63) is 73.3 Å². The van der Waals surface area contributed by atoms with Gasteiger partial charge in [0.1, 0.15) is 29.9 Å². The molecule has 0 aliphatic rings. The number of benzene rings is 1. The minimum Gasteiger partial charge on any atom is -0.497 e. The van der Waals surface area contributed by atoms with Crippen LogP contribution in [-0.4, -0.2) is 38.0 Å². The second-order valence-corrected chi connectivity index (χ2v) is 11.1. The Balaban J connectivity index is 1.83. The summed E-state index contributed by atoms with van der Waals surface area (Å²) in [5.74, 6) is 0.156. The number of fused-ring (bicyclic) bond motifs is 1. The molecule has 1 aromatic carbocycles. The minimum absolute atomic E-state index is 0.229. The molecular weight excluding hydrogens is 533 g/mol. The number of ether oxygens (including phenoxy) is 1. The van der Waals surface area contributed by atoms with Gasteiger partial charge in [0, 0.05) is 46.9 Å². The van der Waals surface area contributed by atoms with Crippen LogP contribution < -0.4 is 10.1 Å². The Kier molecular flexibility index (Phi) is 8.18. The van der Waals surface area contributed by atoms with Crippen LogP contribution >= 0.6 is 7.82 Å². The van der Waals surface area contributed by atoms with E-state index in [9.17, 15) is 19.5 Å². The number of phosphoric ester groups is 1. The normalized spacial score (nSPS) is 12.9. The maximum Gasteiger partial charge on any atom is 0.474 e. The van der Waals surface area contributed by atoms with Crippen LogP contribution in [-0.2, 0) is 25.1 Å². The number of hydrogen-bond donors (Lipinski definition) is 2. The molecule has 0 radical (unpaired) electrons. The monoisotopic (exact) mass is 561 g/mol. The van der Waals surface area contributed by atoms with Crippen molar-refractivity contribution in [1.29, 1.82) is 5.26 Å². The number of amides is 1. The third-order valence-corrected chi connectivity index (χ3v) is 6.80. The maximum atomic E-state index is 12.5. The fourth-order valence-corrected chi connectivity index (χ4v) is 4.99. The Bertz CT molecular complexity index is 1680. The van der Waals surface area contributed by atoms with Crippen molar-refractivity contribution in [2.75, 3.05) is 12.4 Å². The fourth-order valence-electron chi connectivity index (χ4n) is 3.97. The lowest BCUT2D eigenvalue weighted by Crippen LogP contribution is -2.18. The van der Waals surface area contributed by atoms with E-state index in [2.05, 4.69) is 21.9 Å². The Hall–Kier alpha value is -4.33. The Labute approximate surface area is 231 Å². The molecule has 0 spiro atoms. The summed E-state index contributed by atoms with van der Waals surface area (Å²) in [6.45, 7) is 8.11. The molecule has 40 heavy (non-hydrogen) atoms. The Morgan fingerprint density at radius 1 is 1.20 bits per heavy atom. The highest BCUT2D eigenvalue weighted by Gasteiger charge is 2.29. The lowest BCUT2D eigenvalue weighted by molar-refractivity contribution is -0.111. The predicted molar refractivity (Wildman–Crippen MR) is 150 cm³/mol. The molecule has 1 amide bonds. The number of rotatable bonds is 9. The van der Waals surface area contributed by atoms with Gasteiger partial charge in [-0.25, -0.2) is 14.5 Å². The van der Waals surface area contributed by atoms with Crippen LogP contribution in [0.15, 0.2) is 67.6 Å². The molecule has 0 fully saturated rings. The highest BCUT2D eigenvalue weighted by atomic mass is 31.2. The molecule has 0 aliphatic heterocycles. The summed E-state index contributed by atoms with van der Waals surface area (Å²) in [6, 6.07) is 12.6. The molecule has 4 aromatic rings. The second kappa shape index (κ2) is 11.4. The van der Waals surface area contributed by atoms with Crippen LogP contribution in [0.25, 0.3) is 33.3 Å². The molecule has 4 rings (SSSR count). The number of phosphoric acid groups is 1. The van der Waals surface area contributed by atoms with Gasteiger partial charge in [0.15, 0.2) is 0 Å². The van der Waals surface area contributed by atoms with Gasteiger partial charge in [-0.05, 0) is 68.3 Å². The van der Waals surface area contributed by atoms with E-state index >= 15 is 0 Å². The number of pyridine rings is 2. The van der Waals surface area contributed by atoms with Crippen LogP contribution in [0.2, 0.25) is 0 Å². The van der Waals surface area contributed by atoms with E-state index in [4.69, 9.17) is 13.8 Å². The zero-order valence-corrected chi connectivity index (χ0v) is 23.3. The number of anilines is 1. The number of nitrogens with one attached hydrogen (secondary N) is 1. The molecule has 0 aliphatic carbocycles. The molecule has 11 nitrogen and oxygen atoms in total. The fraction of sp³-hybridized carbons (Fsp3) is 0.214. The van der Waals surface area contributed by atoms with Crippen molar-refractivity contribution in [1.82, 2.24) is 14.5 Å². The predicted octanol–water partition coefficient (Wildman–Crippen LogP) is 5.66. The number of hydrogen-bond acceptors (Lipinski definition) is 8. The van der Waals surface area contributed by atoms with Crippen molar-refractivity contribution >= 4 is 30.5 Å². The molecule has 206 valence electrons. The third-order valence-electron chi connectivity index (χ3n) is 5.58. The average molecular weight is 562 g/mol. The van der Waals surface area contributed by atoms with Crippen molar-refractivity contribution in [3.63, 3.8) is 0 Å². The molecule has 1 unspecified atom stereocenters. The first-order valence-corrected chi connectivity index (χ1v) is 13.6. The molecular formula is C28H28N5O6P. The van der Waals surface area contributed by atoms with Gasteiger partial charge in [0.2, 0.25) is 5.91 Å². The SMILES string of the molecule is C=CC(=O)Nc1cc(OC)cc(-c2cnc3c(c2)c(-c2ccnc(C#N)c2)cn3COP(=O)(O)OC(C)(C)C)c1. The zero-order valence-electron chi connectivity index (χ0n) is 22.4. The second-order valence-electron chi connectivity index (χ2n) is 9.72. The van der Waals surface area contributed by atoms with E-state index in [-0.39, 0.29) is 18.3 Å². The first kappa shape index (κ1) is 28.7. The number of carbonyl (C=O) groups excluding carboxylic acids is 1. The molecule has 0 saturated heterocycles. The van der Waals surface area contributed by atoms with Crippen LogP contribution in [0.1, 0.15) is 26.5 Å². The molecule has 2 N–H and O–H groups in total. The average Bonchev–Trinajstić information content (AvgIpc) is 3.28. The largest absolute Gasteiger partial charge is 0.497 e. The van der Waals surface area contributed by atoms with E-state index in [0.717, 1.165) is 0 Å². The number of methoxy groups -OCH3 is 1. The van der Waals surface area contributed by atoms with E-state index < -0.39 is 13.4 Å². The summed E-state index contributed by atoms with van der Waals surface area (Å²) < 4.78 is 30.0. The number of aromatic nitrogens is 3. The van der Waals surface area contributed by atoms with E-state index in [0.29, 0.717) is 44.7 Å². The van der Waals surface area contributed by atoms with Gasteiger partial charge in [0.25, 0.3) is 0 Å². The van der Waals surface area contributed by atoms with Gasteiger partial charge in [-0.3, -0.25) is 13.8 Å². The zero-order chi connectivity index (χ0) is 29.1. The molecule has 12 heteroatoms. The van der Waals surface area contributed by atoms with Gasteiger partial charge in [-0.15, -0.1) is 0 Å². The quantitative estimate of drug-likeness (QED) is 0.195. The maximum absolute atomic E-state index is 12.5. The Morgan fingerprint density at radius 2 is 1.98 bits per heavy atom. The molecule has 0 saturated carbocycles. The molecule has 3 heterocycles. The lowest BCUT2D eigenvalue weighted by Gasteiger charge is -2.22. The summed E-state index contributed by atoms with van der Waals surface area (Å²) in [4.78, 5) is 30.8.